The van der Waals surface area contributed by atoms with Gasteiger partial charge in [-0.25, -0.2) is 0 Å². The second-order valence-corrected chi connectivity index (χ2v) is 5.94. The van der Waals surface area contributed by atoms with Crippen LogP contribution in [0.5, 0.6) is 0 Å². The Kier molecular flexibility index (Phi) is 4.47. The first kappa shape index (κ1) is 15.4. The standard InChI is InChI=1S/C22H23N/c1-4-19-10-8-9-18(3)22(19)23(20-11-6-5-7-12-20)21-15-13-17(2)14-16-21/h5-16H,4H2,1-3H3. The average molecular weight is 301 g/mol. The lowest BCUT2D eigenvalue weighted by molar-refractivity contribution is 1.10. The summed E-state index contributed by atoms with van der Waals surface area (Å²) >= 11 is 0. The molecule has 0 N–H and O–H groups in total. The van der Waals surface area contributed by atoms with Crippen LogP contribution in [0.2, 0.25) is 0 Å². The lowest BCUT2D eigenvalue weighted by Gasteiger charge is -2.29. The molecule has 0 saturated heterocycles. The number of hydrogen-bond donors (Lipinski definition) is 0. The van der Waals surface area contributed by atoms with E-state index in [1.54, 1.807) is 0 Å². The van der Waals surface area contributed by atoms with Crippen LogP contribution >= 0.6 is 0 Å². The van der Waals surface area contributed by atoms with Crippen molar-refractivity contribution >= 4 is 17.1 Å². The zero-order valence-electron chi connectivity index (χ0n) is 14.1. The molecule has 23 heavy (non-hydrogen) atoms. The molecule has 1 nitrogen and oxygen atoms in total. The Morgan fingerprint density at radius 3 is 2.00 bits per heavy atom. The maximum absolute atomic E-state index is 2.37. The quantitative estimate of drug-likeness (QED) is 0.544. The highest BCUT2D eigenvalue weighted by Crippen LogP contribution is 2.38. The van der Waals surface area contributed by atoms with Crippen LogP contribution in [0.3, 0.4) is 0 Å². The number of aryl methyl sites for hydroxylation is 3. The molecule has 0 unspecified atom stereocenters. The van der Waals surface area contributed by atoms with E-state index in [1.165, 1.54) is 33.8 Å². The summed E-state index contributed by atoms with van der Waals surface area (Å²) in [5, 5.41) is 0. The summed E-state index contributed by atoms with van der Waals surface area (Å²) < 4.78 is 0. The predicted molar refractivity (Wildman–Crippen MR) is 100.0 cm³/mol. The lowest BCUT2D eigenvalue weighted by atomic mass is 10.0. The van der Waals surface area contributed by atoms with Gasteiger partial charge in [0.2, 0.25) is 0 Å². The van der Waals surface area contributed by atoms with Gasteiger partial charge in [0.25, 0.3) is 0 Å². The van der Waals surface area contributed by atoms with Gasteiger partial charge >= 0.3 is 0 Å². The van der Waals surface area contributed by atoms with Gasteiger partial charge in [0, 0.05) is 11.4 Å². The van der Waals surface area contributed by atoms with Crippen molar-refractivity contribution in [2.75, 3.05) is 4.90 Å². The summed E-state index contributed by atoms with van der Waals surface area (Å²) in [5.41, 5.74) is 7.64. The average Bonchev–Trinajstić information content (AvgIpc) is 2.59. The van der Waals surface area contributed by atoms with E-state index in [-0.39, 0.29) is 0 Å². The van der Waals surface area contributed by atoms with Crippen LogP contribution in [-0.2, 0) is 6.42 Å². The molecule has 0 aliphatic rings. The van der Waals surface area contributed by atoms with Crippen LogP contribution in [0.1, 0.15) is 23.6 Å². The van der Waals surface area contributed by atoms with E-state index in [0.717, 1.165) is 6.42 Å². The van der Waals surface area contributed by atoms with Crippen molar-refractivity contribution in [1.29, 1.82) is 0 Å². The Morgan fingerprint density at radius 1 is 0.696 bits per heavy atom. The molecular formula is C22H23N. The molecule has 3 aromatic carbocycles. The molecule has 0 aliphatic heterocycles. The van der Waals surface area contributed by atoms with Crippen molar-refractivity contribution in [2.45, 2.75) is 27.2 Å². The fourth-order valence-corrected chi connectivity index (χ4v) is 3.00. The molecule has 0 spiro atoms. The van der Waals surface area contributed by atoms with Gasteiger partial charge in [-0.1, -0.05) is 61.0 Å². The first-order chi connectivity index (χ1) is 11.2. The van der Waals surface area contributed by atoms with Crippen LogP contribution in [0.15, 0.2) is 72.8 Å². The maximum Gasteiger partial charge on any atom is 0.0522 e. The zero-order valence-corrected chi connectivity index (χ0v) is 14.1. The summed E-state index contributed by atoms with van der Waals surface area (Å²) in [7, 11) is 0. The van der Waals surface area contributed by atoms with Crippen molar-refractivity contribution < 1.29 is 0 Å². The number of anilines is 3. The van der Waals surface area contributed by atoms with Crippen LogP contribution in [0.4, 0.5) is 17.1 Å². The fourth-order valence-electron chi connectivity index (χ4n) is 3.00. The van der Waals surface area contributed by atoms with Crippen LogP contribution in [0, 0.1) is 13.8 Å². The number of para-hydroxylation sites is 2. The van der Waals surface area contributed by atoms with Gasteiger partial charge < -0.3 is 4.90 Å². The van der Waals surface area contributed by atoms with Gasteiger partial charge in [-0.3, -0.25) is 0 Å². The number of hydrogen-bond acceptors (Lipinski definition) is 1. The van der Waals surface area contributed by atoms with E-state index < -0.39 is 0 Å². The monoisotopic (exact) mass is 301 g/mol. The number of rotatable bonds is 4. The first-order valence-electron chi connectivity index (χ1n) is 8.21. The molecule has 0 fully saturated rings. The Labute approximate surface area is 139 Å². The Hall–Kier alpha value is -2.54. The second kappa shape index (κ2) is 6.70. The third-order valence-electron chi connectivity index (χ3n) is 4.23. The summed E-state index contributed by atoms with van der Waals surface area (Å²) in [6.45, 7) is 6.54. The van der Waals surface area contributed by atoms with E-state index in [0.29, 0.717) is 0 Å². The lowest BCUT2D eigenvalue weighted by Crippen LogP contribution is -2.13. The van der Waals surface area contributed by atoms with Crippen molar-refractivity contribution in [3.63, 3.8) is 0 Å². The number of nitrogens with zero attached hydrogens (tertiary/aromatic N) is 1. The van der Waals surface area contributed by atoms with Gasteiger partial charge in [-0.05, 0) is 55.7 Å². The minimum Gasteiger partial charge on any atom is -0.310 e. The Balaban J connectivity index is 2.23. The smallest absolute Gasteiger partial charge is 0.0522 e. The molecule has 0 saturated carbocycles. The van der Waals surface area contributed by atoms with Gasteiger partial charge in [0.1, 0.15) is 0 Å². The molecule has 0 amide bonds. The molecule has 0 bridgehead atoms. The van der Waals surface area contributed by atoms with Crippen LogP contribution in [-0.4, -0.2) is 0 Å². The predicted octanol–water partition coefficient (Wildman–Crippen LogP) is 6.34. The highest BCUT2D eigenvalue weighted by molar-refractivity contribution is 5.80. The van der Waals surface area contributed by atoms with Crippen LogP contribution in [0.25, 0.3) is 0 Å². The fraction of sp³-hybridized carbons (Fsp3) is 0.182. The third-order valence-corrected chi connectivity index (χ3v) is 4.23. The van der Waals surface area contributed by atoms with Gasteiger partial charge in [0.05, 0.1) is 5.69 Å². The Bertz CT molecular complexity index is 773. The van der Waals surface area contributed by atoms with E-state index in [4.69, 9.17) is 0 Å². The second-order valence-electron chi connectivity index (χ2n) is 5.94. The molecule has 0 radical (unpaired) electrons. The minimum atomic E-state index is 1.02. The molecular weight excluding hydrogens is 278 g/mol. The van der Waals surface area contributed by atoms with E-state index in [1.807, 2.05) is 0 Å². The summed E-state index contributed by atoms with van der Waals surface area (Å²) in [5.74, 6) is 0. The van der Waals surface area contributed by atoms with Gasteiger partial charge in [0.15, 0.2) is 0 Å². The SMILES string of the molecule is CCc1cccc(C)c1N(c1ccccc1)c1ccc(C)cc1. The maximum atomic E-state index is 2.37. The first-order valence-corrected chi connectivity index (χ1v) is 8.21. The minimum absolute atomic E-state index is 1.02. The van der Waals surface area contributed by atoms with Crippen molar-refractivity contribution in [3.8, 4) is 0 Å². The third kappa shape index (κ3) is 3.14. The largest absolute Gasteiger partial charge is 0.310 e. The van der Waals surface area contributed by atoms with Crippen molar-refractivity contribution in [3.05, 3.63) is 89.5 Å². The molecule has 0 atom stereocenters. The van der Waals surface area contributed by atoms with Gasteiger partial charge in [-0.2, -0.15) is 0 Å². The summed E-state index contributed by atoms with van der Waals surface area (Å²) in [6, 6.07) is 25.9. The molecule has 1 heteroatoms. The molecule has 3 aromatic rings. The van der Waals surface area contributed by atoms with Crippen molar-refractivity contribution in [2.24, 2.45) is 0 Å². The topological polar surface area (TPSA) is 3.24 Å². The van der Waals surface area contributed by atoms with Gasteiger partial charge in [-0.15, -0.1) is 0 Å². The van der Waals surface area contributed by atoms with Crippen LogP contribution < -0.4 is 4.90 Å². The highest BCUT2D eigenvalue weighted by Gasteiger charge is 2.16. The number of benzene rings is 3. The van der Waals surface area contributed by atoms with E-state index >= 15 is 0 Å². The molecule has 116 valence electrons. The Morgan fingerprint density at radius 2 is 1.35 bits per heavy atom. The zero-order chi connectivity index (χ0) is 16.2. The highest BCUT2D eigenvalue weighted by atomic mass is 15.1. The molecule has 3 rings (SSSR count). The van der Waals surface area contributed by atoms with E-state index in [2.05, 4.69) is 98.5 Å². The normalized spacial score (nSPS) is 10.6. The molecule has 0 aromatic heterocycles. The van der Waals surface area contributed by atoms with E-state index in [9.17, 15) is 0 Å². The molecule has 0 aliphatic carbocycles. The summed E-state index contributed by atoms with van der Waals surface area (Å²) in [6.07, 6.45) is 1.02. The molecule has 0 heterocycles. The summed E-state index contributed by atoms with van der Waals surface area (Å²) in [4.78, 5) is 2.37. The van der Waals surface area contributed by atoms with Crippen molar-refractivity contribution in [1.82, 2.24) is 0 Å².